The van der Waals surface area contributed by atoms with Gasteiger partial charge in [0.1, 0.15) is 23.9 Å². The number of aliphatic carboxylic acids is 1. The first-order valence-electron chi connectivity index (χ1n) is 14.9. The van der Waals surface area contributed by atoms with Gasteiger partial charge in [-0.25, -0.2) is 9.18 Å². The second kappa shape index (κ2) is 14.2. The monoisotopic (exact) mass is 613 g/mol. The summed E-state index contributed by atoms with van der Waals surface area (Å²) in [5.74, 6) is -3.37. The minimum Gasteiger partial charge on any atom is -0.480 e. The summed E-state index contributed by atoms with van der Waals surface area (Å²) >= 11 is 0. The van der Waals surface area contributed by atoms with Gasteiger partial charge in [-0.3, -0.25) is 14.4 Å². The number of nitrogens with zero attached hydrogens (tertiary/aromatic N) is 1. The molecule has 1 aliphatic rings. The number of hydrogen-bond donors (Lipinski definition) is 5. The van der Waals surface area contributed by atoms with Crippen molar-refractivity contribution < 1.29 is 28.7 Å². The van der Waals surface area contributed by atoms with Gasteiger partial charge in [0.25, 0.3) is 0 Å². The fraction of sp³-hybridized carbons (Fsp3) is 0.294. The van der Waals surface area contributed by atoms with Crippen LogP contribution in [-0.4, -0.2) is 69.4 Å². The Morgan fingerprint density at radius 1 is 0.911 bits per heavy atom. The van der Waals surface area contributed by atoms with Crippen LogP contribution in [0.1, 0.15) is 29.5 Å². The minimum absolute atomic E-state index is 0.124. The van der Waals surface area contributed by atoms with Crippen molar-refractivity contribution in [2.24, 2.45) is 5.73 Å². The molecule has 0 bridgehead atoms. The van der Waals surface area contributed by atoms with E-state index in [1.165, 1.54) is 23.1 Å². The number of carbonyl (C=O) groups excluding carboxylic acids is 3. The Morgan fingerprint density at radius 3 is 2.38 bits per heavy atom. The fourth-order valence-corrected chi connectivity index (χ4v) is 5.83. The summed E-state index contributed by atoms with van der Waals surface area (Å²) in [4.78, 5) is 57.3. The molecule has 4 aromatic rings. The molecule has 6 N–H and O–H groups in total. The third kappa shape index (κ3) is 7.74. The number of amides is 3. The molecule has 10 nitrogen and oxygen atoms in total. The van der Waals surface area contributed by atoms with Crippen LogP contribution in [0.2, 0.25) is 0 Å². The quantitative estimate of drug-likeness (QED) is 0.165. The molecule has 0 spiro atoms. The van der Waals surface area contributed by atoms with Gasteiger partial charge in [-0.1, -0.05) is 60.7 Å². The summed E-state index contributed by atoms with van der Waals surface area (Å²) in [6.07, 6.45) is 2.97. The number of carbonyl (C=O) groups is 4. The third-order valence-electron chi connectivity index (χ3n) is 8.13. The largest absolute Gasteiger partial charge is 0.480 e. The number of para-hydroxylation sites is 1. The number of benzene rings is 3. The van der Waals surface area contributed by atoms with Crippen molar-refractivity contribution in [1.29, 1.82) is 0 Å². The van der Waals surface area contributed by atoms with Crippen LogP contribution >= 0.6 is 0 Å². The smallest absolute Gasteiger partial charge is 0.326 e. The van der Waals surface area contributed by atoms with Crippen molar-refractivity contribution in [2.75, 3.05) is 6.54 Å². The first kappa shape index (κ1) is 31.4. The predicted molar refractivity (Wildman–Crippen MR) is 166 cm³/mol. The third-order valence-corrected chi connectivity index (χ3v) is 8.13. The summed E-state index contributed by atoms with van der Waals surface area (Å²) in [5, 5.41) is 16.1. The number of carboxylic acid groups (broad SMARTS) is 1. The number of halogens is 1. The normalized spacial score (nSPS) is 16.6. The molecule has 3 amide bonds. The van der Waals surface area contributed by atoms with E-state index in [1.54, 1.807) is 6.07 Å². The number of H-pyrrole nitrogens is 1. The number of rotatable bonds is 12. The standard InChI is InChI=1S/C34H36FN5O5/c35-24-11-6-10-22(16-24)18-29(34(44)45)39-32(42)30-14-7-15-40(30)33(43)28(17-21-8-2-1-3-9-21)38-31(41)26(36)19-23-20-37-27-13-5-4-12-25(23)27/h1-6,8-13,16,20,26,28-30,37H,7,14-15,17-19,36H2,(H,38,41)(H,39,42)(H,44,45)/t26-,28+,29+,30-/m1/s1. The van der Waals surface area contributed by atoms with Gasteiger partial charge >= 0.3 is 5.97 Å². The number of aromatic nitrogens is 1. The van der Waals surface area contributed by atoms with Gasteiger partial charge in [0, 0.05) is 36.5 Å². The topological polar surface area (TPSA) is 158 Å². The second-order valence-corrected chi connectivity index (χ2v) is 11.3. The summed E-state index contributed by atoms with van der Waals surface area (Å²) in [7, 11) is 0. The molecule has 2 heterocycles. The van der Waals surface area contributed by atoms with Gasteiger partial charge in [-0.15, -0.1) is 0 Å². The number of nitrogens with two attached hydrogens (primary N) is 1. The van der Waals surface area contributed by atoms with Gasteiger partial charge in [0.05, 0.1) is 6.04 Å². The SMILES string of the molecule is N[C@H](Cc1c[nH]c2ccccc12)C(=O)N[C@@H](Cc1ccccc1)C(=O)N1CCC[C@@H]1C(=O)N[C@@H](Cc1cccc(F)c1)C(=O)O. The van der Waals surface area contributed by atoms with Crippen LogP contribution < -0.4 is 16.4 Å². The maximum atomic E-state index is 14.0. The maximum absolute atomic E-state index is 14.0. The molecular formula is C34H36FN5O5. The molecule has 0 radical (unpaired) electrons. The van der Waals surface area contributed by atoms with Crippen molar-refractivity contribution in [3.8, 4) is 0 Å². The van der Waals surface area contributed by atoms with E-state index in [4.69, 9.17) is 5.73 Å². The zero-order chi connectivity index (χ0) is 31.9. The summed E-state index contributed by atoms with van der Waals surface area (Å²) in [6.45, 7) is 0.265. The van der Waals surface area contributed by atoms with Crippen LogP contribution in [0.25, 0.3) is 10.9 Å². The van der Waals surface area contributed by atoms with Crippen molar-refractivity contribution in [3.05, 3.63) is 108 Å². The summed E-state index contributed by atoms with van der Waals surface area (Å²) < 4.78 is 13.7. The maximum Gasteiger partial charge on any atom is 0.326 e. The van der Waals surface area contributed by atoms with Crippen LogP contribution in [0.15, 0.2) is 85.1 Å². The highest BCUT2D eigenvalue weighted by atomic mass is 19.1. The molecule has 5 rings (SSSR count). The van der Waals surface area contributed by atoms with Crippen molar-refractivity contribution in [1.82, 2.24) is 20.5 Å². The van der Waals surface area contributed by atoms with E-state index in [2.05, 4.69) is 15.6 Å². The highest BCUT2D eigenvalue weighted by molar-refractivity contribution is 5.95. The number of carboxylic acids is 1. The van der Waals surface area contributed by atoms with E-state index in [-0.39, 0.29) is 25.8 Å². The minimum atomic E-state index is -1.32. The van der Waals surface area contributed by atoms with E-state index in [1.807, 2.05) is 60.8 Å². The Kier molecular flexibility index (Phi) is 9.89. The fourth-order valence-electron chi connectivity index (χ4n) is 5.83. The zero-order valence-electron chi connectivity index (χ0n) is 24.6. The zero-order valence-corrected chi connectivity index (χ0v) is 24.6. The highest BCUT2D eigenvalue weighted by Gasteiger charge is 2.39. The summed E-state index contributed by atoms with van der Waals surface area (Å²) in [6, 6.07) is 18.2. The molecule has 1 aromatic heterocycles. The lowest BCUT2D eigenvalue weighted by Gasteiger charge is -2.30. The molecular weight excluding hydrogens is 577 g/mol. The lowest BCUT2D eigenvalue weighted by Crippen LogP contribution is -2.57. The molecule has 11 heteroatoms. The van der Waals surface area contributed by atoms with Crippen LogP contribution in [0.3, 0.4) is 0 Å². The number of fused-ring (bicyclic) bond motifs is 1. The Hall–Kier alpha value is -5.03. The average molecular weight is 614 g/mol. The van der Waals surface area contributed by atoms with Crippen LogP contribution in [-0.2, 0) is 38.4 Å². The molecule has 1 aliphatic heterocycles. The Bertz CT molecular complexity index is 1680. The average Bonchev–Trinajstić information content (AvgIpc) is 3.68. The van der Waals surface area contributed by atoms with Crippen molar-refractivity contribution in [3.63, 3.8) is 0 Å². The van der Waals surface area contributed by atoms with Crippen molar-refractivity contribution >= 4 is 34.6 Å². The Morgan fingerprint density at radius 2 is 1.62 bits per heavy atom. The van der Waals surface area contributed by atoms with Crippen LogP contribution in [0, 0.1) is 5.82 Å². The second-order valence-electron chi connectivity index (χ2n) is 11.3. The first-order valence-corrected chi connectivity index (χ1v) is 14.9. The van der Waals surface area contributed by atoms with Gasteiger partial charge in [-0.2, -0.15) is 0 Å². The molecule has 234 valence electrons. The lowest BCUT2D eigenvalue weighted by molar-refractivity contribution is -0.144. The van der Waals surface area contributed by atoms with Gasteiger partial charge < -0.3 is 31.4 Å². The predicted octanol–water partition coefficient (Wildman–Crippen LogP) is 2.71. The molecule has 45 heavy (non-hydrogen) atoms. The molecule has 1 saturated heterocycles. The van der Waals surface area contributed by atoms with Crippen LogP contribution in [0.5, 0.6) is 0 Å². The van der Waals surface area contributed by atoms with E-state index >= 15 is 0 Å². The van der Waals surface area contributed by atoms with Gasteiger partial charge in [-0.05, 0) is 54.2 Å². The molecule has 1 fully saturated rings. The Balaban J connectivity index is 1.30. The lowest BCUT2D eigenvalue weighted by atomic mass is 10.0. The van der Waals surface area contributed by atoms with E-state index in [9.17, 15) is 28.7 Å². The highest BCUT2D eigenvalue weighted by Crippen LogP contribution is 2.22. The Labute approximate surface area is 259 Å². The summed E-state index contributed by atoms with van der Waals surface area (Å²) in [5.41, 5.74) is 9.36. The van der Waals surface area contributed by atoms with Crippen LogP contribution in [0.4, 0.5) is 4.39 Å². The molecule has 0 saturated carbocycles. The van der Waals surface area contributed by atoms with E-state index in [0.717, 1.165) is 22.0 Å². The van der Waals surface area contributed by atoms with E-state index in [0.29, 0.717) is 18.4 Å². The van der Waals surface area contributed by atoms with Crippen molar-refractivity contribution in [2.45, 2.75) is 56.3 Å². The molecule has 3 aromatic carbocycles. The van der Waals surface area contributed by atoms with Gasteiger partial charge in [0.2, 0.25) is 17.7 Å². The molecule has 4 atom stereocenters. The molecule has 0 aliphatic carbocycles. The number of likely N-dealkylation sites (tertiary alicyclic amines) is 1. The van der Waals surface area contributed by atoms with E-state index < -0.39 is 53.7 Å². The van der Waals surface area contributed by atoms with Gasteiger partial charge in [0.15, 0.2) is 0 Å². The first-order chi connectivity index (χ1) is 21.7. The molecule has 0 unspecified atom stereocenters. The number of aromatic amines is 1. The number of hydrogen-bond acceptors (Lipinski definition) is 5. The number of nitrogens with one attached hydrogen (secondary N) is 3.